The van der Waals surface area contributed by atoms with Crippen LogP contribution in [0.2, 0.25) is 58.9 Å². The van der Waals surface area contributed by atoms with Crippen molar-refractivity contribution in [3.63, 3.8) is 0 Å². The van der Waals surface area contributed by atoms with E-state index in [9.17, 15) is 0 Å². The van der Waals surface area contributed by atoms with E-state index in [4.69, 9.17) is 29.1 Å². The third kappa shape index (κ3) is 7560. The second-order valence-electron chi connectivity index (χ2n) is 6.78. The van der Waals surface area contributed by atoms with Crippen molar-refractivity contribution in [1.82, 2.24) is 0 Å². The molecule has 0 fully saturated rings. The Balaban J connectivity index is -0.0000000793. The minimum atomic E-state index is -2.62. The van der Waals surface area contributed by atoms with Gasteiger partial charge in [-0.25, -0.2) is 0 Å². The molecule has 0 amide bonds. The Morgan fingerprint density at radius 3 is 0.474 bits per heavy atom. The molecule has 122 valence electrons. The maximum absolute atomic E-state index is 8.66. The fourth-order valence-electron chi connectivity index (χ4n) is 0. The number of hydrogen-bond donors (Lipinski definition) is 6. The molecule has 6 nitrogen and oxygen atoms in total. The van der Waals surface area contributed by atoms with E-state index in [2.05, 4.69) is 0 Å². The smallest absolute Gasteiger partial charge is 0.324 e. The van der Waals surface area contributed by atoms with E-state index in [1.807, 2.05) is 58.9 Å². The van der Waals surface area contributed by atoms with Crippen molar-refractivity contribution in [3.05, 3.63) is 0 Å². The van der Waals surface area contributed by atoms with Crippen molar-refractivity contribution in [3.8, 4) is 0 Å². The lowest BCUT2D eigenvalue weighted by molar-refractivity contribution is 0.368. The third-order valence-electron chi connectivity index (χ3n) is 0. The molecule has 19 heavy (non-hydrogen) atoms. The van der Waals surface area contributed by atoms with Crippen LogP contribution >= 0.6 is 8.60 Å². The van der Waals surface area contributed by atoms with E-state index in [-0.39, 0.29) is 0 Å². The Hall–Kier alpha value is 0.841. The van der Waals surface area contributed by atoms with E-state index in [1.165, 1.54) is 0 Å². The summed E-state index contributed by atoms with van der Waals surface area (Å²) in [6, 6.07) is 0. The van der Waals surface area contributed by atoms with E-state index in [1.54, 1.807) is 0 Å². The molecule has 0 aliphatic heterocycles. The molecule has 0 aromatic rings. The predicted octanol–water partition coefficient (Wildman–Crippen LogP) is 1.63. The highest BCUT2D eigenvalue weighted by Gasteiger charge is 2.04. The molecular weight excluding hydrogens is 319 g/mol. The first-order valence-corrected chi connectivity index (χ1v) is 17.3. The van der Waals surface area contributed by atoms with Crippen LogP contribution in [-0.4, -0.2) is 54.0 Å². The van der Waals surface area contributed by atoms with E-state index in [0.29, 0.717) is 0 Å². The molecule has 0 aromatic carbocycles. The highest BCUT2D eigenvalue weighted by atomic mass is 31.2. The molecule has 0 unspecified atom stereocenters. The largest absolute Gasteiger partial charge is 0.433 e. The predicted molar refractivity (Wildman–Crippen MR) is 90.3 cm³/mol. The molecule has 0 radical (unpaired) electrons. The molecule has 0 saturated heterocycles. The summed E-state index contributed by atoms with van der Waals surface area (Å²) in [5.41, 5.74) is 0. The van der Waals surface area contributed by atoms with Crippen LogP contribution in [0.3, 0.4) is 0 Å². The molecule has 0 saturated carbocycles. The van der Waals surface area contributed by atoms with Gasteiger partial charge >= 0.3 is 8.60 Å². The average Bonchev–Trinajstić information content (AvgIpc) is 1.66. The fraction of sp³-hybridized carbons (Fsp3) is 1.00. The first-order chi connectivity index (χ1) is 7.73. The second kappa shape index (κ2) is 12.6. The number of rotatable bonds is 0. The fourth-order valence-corrected chi connectivity index (χ4v) is 0. The lowest BCUT2D eigenvalue weighted by atomic mass is 11.8. The standard InChI is InChI=1S/3C3H10OSi.H3O3P/c3*1-5(2,3)4;1-4(2)3/h3*4H,1-3H3;1-3H. The van der Waals surface area contributed by atoms with Crippen molar-refractivity contribution >= 4 is 33.6 Å². The monoisotopic (exact) mass is 352 g/mol. The molecule has 0 bridgehead atoms. The van der Waals surface area contributed by atoms with Gasteiger partial charge in [-0.1, -0.05) is 0 Å². The Labute approximate surface area is 122 Å². The summed E-state index contributed by atoms with van der Waals surface area (Å²) in [7, 11) is -7.45. The number of hydrogen-bond acceptors (Lipinski definition) is 6. The summed E-state index contributed by atoms with van der Waals surface area (Å²) in [5.74, 6) is 0. The molecule has 0 aliphatic rings. The first-order valence-electron chi connectivity index (χ1n) is 5.77. The Morgan fingerprint density at radius 1 is 0.474 bits per heavy atom. The van der Waals surface area contributed by atoms with Crippen LogP contribution in [0.5, 0.6) is 0 Å². The molecule has 0 rings (SSSR count). The van der Waals surface area contributed by atoms with Crippen LogP contribution in [-0.2, 0) is 0 Å². The minimum Gasteiger partial charge on any atom is -0.433 e. The Bertz CT molecular complexity index is 137. The van der Waals surface area contributed by atoms with Crippen molar-refractivity contribution in [2.45, 2.75) is 58.9 Å². The van der Waals surface area contributed by atoms with Gasteiger partial charge in [-0.05, 0) is 58.9 Å². The summed E-state index contributed by atoms with van der Waals surface area (Å²) in [6.45, 7) is 16.9. The first kappa shape index (κ1) is 28.1. The molecule has 0 atom stereocenters. The normalized spacial score (nSPS) is 11.4. The van der Waals surface area contributed by atoms with Gasteiger partial charge in [0.2, 0.25) is 0 Å². The minimum absolute atomic E-state index is 1.61. The van der Waals surface area contributed by atoms with Crippen molar-refractivity contribution in [2.24, 2.45) is 0 Å². The van der Waals surface area contributed by atoms with Gasteiger partial charge in [0.25, 0.3) is 0 Å². The quantitative estimate of drug-likeness (QED) is 0.291. The highest BCUT2D eigenvalue weighted by molar-refractivity contribution is 7.38. The van der Waals surface area contributed by atoms with Gasteiger partial charge in [-0.3, -0.25) is 0 Å². The van der Waals surface area contributed by atoms with Crippen LogP contribution in [0.25, 0.3) is 0 Å². The zero-order chi connectivity index (χ0) is 17.1. The zero-order valence-corrected chi connectivity index (χ0v) is 17.5. The summed E-state index contributed by atoms with van der Waals surface area (Å²) >= 11 is 0. The van der Waals surface area contributed by atoms with E-state index >= 15 is 0 Å². The SMILES string of the molecule is C[Si](C)(C)O.C[Si](C)(C)O.C[Si](C)(C)O.OP(O)O. The summed E-state index contributed by atoms with van der Waals surface area (Å²) in [6.07, 6.45) is 0. The topological polar surface area (TPSA) is 121 Å². The van der Waals surface area contributed by atoms with Gasteiger partial charge in [-0.2, -0.15) is 0 Å². The summed E-state index contributed by atoms with van der Waals surface area (Å²) in [4.78, 5) is 47.7. The molecule has 0 aliphatic carbocycles. The van der Waals surface area contributed by atoms with Gasteiger partial charge in [-0.15, -0.1) is 0 Å². The molecule has 0 heterocycles. The van der Waals surface area contributed by atoms with Gasteiger partial charge in [0.05, 0.1) is 0 Å². The molecule has 6 N–H and O–H groups in total. The van der Waals surface area contributed by atoms with Crippen LogP contribution in [0.15, 0.2) is 0 Å². The molecule has 10 heteroatoms. The molecule has 0 spiro atoms. The zero-order valence-electron chi connectivity index (χ0n) is 13.6. The van der Waals surface area contributed by atoms with Gasteiger partial charge < -0.3 is 29.1 Å². The van der Waals surface area contributed by atoms with Gasteiger partial charge in [0.15, 0.2) is 25.0 Å². The van der Waals surface area contributed by atoms with Gasteiger partial charge in [0, 0.05) is 0 Å². The van der Waals surface area contributed by atoms with Crippen molar-refractivity contribution in [2.75, 3.05) is 0 Å². The lowest BCUT2D eigenvalue weighted by Crippen LogP contribution is -2.17. The van der Waals surface area contributed by atoms with Crippen LogP contribution < -0.4 is 0 Å². The van der Waals surface area contributed by atoms with Crippen LogP contribution in [0.4, 0.5) is 0 Å². The highest BCUT2D eigenvalue weighted by Crippen LogP contribution is 2.11. The Morgan fingerprint density at radius 2 is 0.474 bits per heavy atom. The van der Waals surface area contributed by atoms with E-state index in [0.717, 1.165) is 0 Å². The second-order valence-corrected chi connectivity index (χ2v) is 20.3. The lowest BCUT2D eigenvalue weighted by Gasteiger charge is -2.00. The van der Waals surface area contributed by atoms with E-state index < -0.39 is 33.6 Å². The van der Waals surface area contributed by atoms with Crippen molar-refractivity contribution < 1.29 is 29.1 Å². The Kier molecular flexibility index (Phi) is 18.6. The maximum Gasteiger partial charge on any atom is 0.324 e. The van der Waals surface area contributed by atoms with Crippen LogP contribution in [0.1, 0.15) is 0 Å². The molecule has 0 aromatic heterocycles. The van der Waals surface area contributed by atoms with Gasteiger partial charge in [0.1, 0.15) is 0 Å². The average molecular weight is 353 g/mol. The summed E-state index contributed by atoms with van der Waals surface area (Å²) < 4.78 is 0. The summed E-state index contributed by atoms with van der Waals surface area (Å²) in [5, 5.41) is 0. The third-order valence-corrected chi connectivity index (χ3v) is 0. The molecular formula is C9H33O6PSi3. The maximum atomic E-state index is 8.66. The van der Waals surface area contributed by atoms with Crippen LogP contribution in [0, 0.1) is 0 Å². The van der Waals surface area contributed by atoms with Crippen molar-refractivity contribution in [1.29, 1.82) is 0 Å².